The van der Waals surface area contributed by atoms with Crippen molar-refractivity contribution in [1.29, 1.82) is 0 Å². The van der Waals surface area contributed by atoms with E-state index in [1.807, 2.05) is 0 Å². The minimum absolute atomic E-state index is 0.723. The van der Waals surface area contributed by atoms with Gasteiger partial charge in [0.05, 0.1) is 6.54 Å². The van der Waals surface area contributed by atoms with E-state index in [9.17, 15) is 0 Å². The molecular formula is C16H22N2. The number of hydrogen-bond donors (Lipinski definition) is 1. The maximum atomic E-state index is 5.37. The van der Waals surface area contributed by atoms with Crippen LogP contribution < -0.4 is 5.32 Å². The summed E-state index contributed by atoms with van der Waals surface area (Å²) in [5, 5.41) is 3.55. The molecule has 0 bridgehead atoms. The summed E-state index contributed by atoms with van der Waals surface area (Å²) in [6, 6.07) is 9.57. The molecule has 1 aliphatic carbocycles. The lowest BCUT2D eigenvalue weighted by Crippen LogP contribution is -2.23. The van der Waals surface area contributed by atoms with Crippen molar-refractivity contribution in [2.45, 2.75) is 38.9 Å². The Morgan fingerprint density at radius 3 is 2.83 bits per heavy atom. The largest absolute Gasteiger partial charge is 0.310 e. The molecule has 0 heterocycles. The molecule has 2 nitrogen and oxygen atoms in total. The molecule has 0 spiro atoms. The number of rotatable bonds is 7. The Balaban J connectivity index is 1.90. The SMILES string of the molecule is C#CCN(CC)Cc1cccc(CNC2CC2)c1. The van der Waals surface area contributed by atoms with Crippen molar-refractivity contribution in [3.63, 3.8) is 0 Å². The van der Waals surface area contributed by atoms with E-state index in [2.05, 4.69) is 47.3 Å². The number of nitrogens with one attached hydrogen (secondary N) is 1. The van der Waals surface area contributed by atoms with E-state index in [4.69, 9.17) is 6.42 Å². The molecule has 0 atom stereocenters. The average Bonchev–Trinajstić information content (AvgIpc) is 3.20. The summed E-state index contributed by atoms with van der Waals surface area (Å²) in [5.74, 6) is 2.72. The molecule has 1 N–H and O–H groups in total. The lowest BCUT2D eigenvalue weighted by Gasteiger charge is -2.17. The fourth-order valence-corrected chi connectivity index (χ4v) is 2.05. The van der Waals surface area contributed by atoms with Crippen LogP contribution in [0, 0.1) is 12.3 Å². The van der Waals surface area contributed by atoms with E-state index in [0.717, 1.165) is 32.2 Å². The van der Waals surface area contributed by atoms with E-state index >= 15 is 0 Å². The highest BCUT2D eigenvalue weighted by atomic mass is 15.1. The fourth-order valence-electron chi connectivity index (χ4n) is 2.05. The van der Waals surface area contributed by atoms with Gasteiger partial charge in [0.15, 0.2) is 0 Å². The first kappa shape index (κ1) is 13.1. The molecule has 0 unspecified atom stereocenters. The quantitative estimate of drug-likeness (QED) is 0.739. The van der Waals surface area contributed by atoms with Crippen LogP contribution in [0.25, 0.3) is 0 Å². The van der Waals surface area contributed by atoms with E-state index < -0.39 is 0 Å². The molecule has 18 heavy (non-hydrogen) atoms. The molecule has 1 aromatic rings. The Hall–Kier alpha value is -1.30. The minimum Gasteiger partial charge on any atom is -0.310 e. The lowest BCUT2D eigenvalue weighted by atomic mass is 10.1. The molecule has 0 radical (unpaired) electrons. The summed E-state index contributed by atoms with van der Waals surface area (Å²) < 4.78 is 0. The predicted octanol–water partition coefficient (Wildman–Crippen LogP) is 2.39. The van der Waals surface area contributed by atoms with Gasteiger partial charge in [-0.3, -0.25) is 4.90 Å². The van der Waals surface area contributed by atoms with Crippen molar-refractivity contribution in [2.75, 3.05) is 13.1 Å². The molecule has 0 aromatic heterocycles. The van der Waals surface area contributed by atoms with Gasteiger partial charge in [0, 0.05) is 19.1 Å². The van der Waals surface area contributed by atoms with Gasteiger partial charge in [-0.15, -0.1) is 6.42 Å². The Morgan fingerprint density at radius 2 is 2.17 bits per heavy atom. The first-order valence-corrected chi connectivity index (χ1v) is 6.79. The zero-order valence-electron chi connectivity index (χ0n) is 11.2. The van der Waals surface area contributed by atoms with Crippen molar-refractivity contribution in [1.82, 2.24) is 10.2 Å². The van der Waals surface area contributed by atoms with Gasteiger partial charge >= 0.3 is 0 Å². The van der Waals surface area contributed by atoms with Crippen molar-refractivity contribution >= 4 is 0 Å². The van der Waals surface area contributed by atoms with E-state index in [1.165, 1.54) is 24.0 Å². The van der Waals surface area contributed by atoms with Crippen LogP contribution in [0.2, 0.25) is 0 Å². The third kappa shape index (κ3) is 4.18. The number of nitrogens with zero attached hydrogens (tertiary/aromatic N) is 1. The van der Waals surface area contributed by atoms with Crippen LogP contribution >= 0.6 is 0 Å². The first-order valence-electron chi connectivity index (χ1n) is 6.79. The standard InChI is InChI=1S/C16H22N2/c1-3-10-18(4-2)13-15-7-5-6-14(11-15)12-17-16-8-9-16/h1,5-7,11,16-17H,4,8-10,12-13H2,2H3. The Bertz CT molecular complexity index is 415. The third-order valence-electron chi connectivity index (χ3n) is 3.33. The van der Waals surface area contributed by atoms with Crippen LogP contribution in [-0.4, -0.2) is 24.0 Å². The van der Waals surface area contributed by atoms with Gasteiger partial charge in [-0.2, -0.15) is 0 Å². The summed E-state index contributed by atoms with van der Waals surface area (Å²) in [5.41, 5.74) is 2.72. The number of hydrogen-bond acceptors (Lipinski definition) is 2. The molecule has 2 heteroatoms. The maximum Gasteiger partial charge on any atom is 0.0601 e. The van der Waals surface area contributed by atoms with Crippen LogP contribution in [-0.2, 0) is 13.1 Å². The maximum absolute atomic E-state index is 5.37. The normalized spacial score (nSPS) is 14.7. The first-order chi connectivity index (χ1) is 8.81. The average molecular weight is 242 g/mol. The van der Waals surface area contributed by atoms with Gasteiger partial charge in [-0.05, 0) is 30.5 Å². The Kier molecular flexibility index (Phi) is 4.81. The molecule has 1 fully saturated rings. The molecule has 1 aromatic carbocycles. The predicted molar refractivity (Wildman–Crippen MR) is 76.1 cm³/mol. The summed E-state index contributed by atoms with van der Waals surface area (Å²) in [7, 11) is 0. The van der Waals surface area contributed by atoms with Gasteiger partial charge < -0.3 is 5.32 Å². The van der Waals surface area contributed by atoms with Crippen LogP contribution in [0.1, 0.15) is 30.9 Å². The zero-order valence-corrected chi connectivity index (χ0v) is 11.2. The van der Waals surface area contributed by atoms with Gasteiger partial charge in [-0.1, -0.05) is 37.1 Å². The van der Waals surface area contributed by atoms with Crippen molar-refractivity contribution in [2.24, 2.45) is 0 Å². The van der Waals surface area contributed by atoms with Crippen LogP contribution in [0.15, 0.2) is 24.3 Å². The van der Waals surface area contributed by atoms with Crippen molar-refractivity contribution in [3.8, 4) is 12.3 Å². The van der Waals surface area contributed by atoms with Crippen LogP contribution in [0.3, 0.4) is 0 Å². The molecule has 1 aliphatic rings. The highest BCUT2D eigenvalue weighted by molar-refractivity contribution is 5.23. The van der Waals surface area contributed by atoms with Gasteiger partial charge in [-0.25, -0.2) is 0 Å². The highest BCUT2D eigenvalue weighted by Gasteiger charge is 2.19. The highest BCUT2D eigenvalue weighted by Crippen LogP contribution is 2.19. The van der Waals surface area contributed by atoms with E-state index in [-0.39, 0.29) is 0 Å². The minimum atomic E-state index is 0.723. The van der Waals surface area contributed by atoms with Gasteiger partial charge in [0.1, 0.15) is 0 Å². The number of terminal acetylenes is 1. The second-order valence-electron chi connectivity index (χ2n) is 4.98. The zero-order chi connectivity index (χ0) is 12.8. The lowest BCUT2D eigenvalue weighted by molar-refractivity contribution is 0.316. The number of benzene rings is 1. The Morgan fingerprint density at radius 1 is 1.39 bits per heavy atom. The van der Waals surface area contributed by atoms with E-state index in [0.29, 0.717) is 0 Å². The van der Waals surface area contributed by atoms with Crippen LogP contribution in [0.4, 0.5) is 0 Å². The monoisotopic (exact) mass is 242 g/mol. The molecule has 0 aliphatic heterocycles. The second-order valence-corrected chi connectivity index (χ2v) is 4.98. The van der Waals surface area contributed by atoms with E-state index in [1.54, 1.807) is 0 Å². The van der Waals surface area contributed by atoms with Crippen molar-refractivity contribution < 1.29 is 0 Å². The van der Waals surface area contributed by atoms with Gasteiger partial charge in [0.2, 0.25) is 0 Å². The molecule has 0 saturated heterocycles. The second kappa shape index (κ2) is 6.58. The summed E-state index contributed by atoms with van der Waals surface area (Å²) in [4.78, 5) is 2.27. The van der Waals surface area contributed by atoms with Gasteiger partial charge in [0.25, 0.3) is 0 Å². The third-order valence-corrected chi connectivity index (χ3v) is 3.33. The molecule has 96 valence electrons. The molecule has 1 saturated carbocycles. The molecule has 0 amide bonds. The van der Waals surface area contributed by atoms with Crippen LogP contribution in [0.5, 0.6) is 0 Å². The Labute approximate surface area is 110 Å². The van der Waals surface area contributed by atoms with Crippen molar-refractivity contribution in [3.05, 3.63) is 35.4 Å². The fraction of sp³-hybridized carbons (Fsp3) is 0.500. The topological polar surface area (TPSA) is 15.3 Å². The molecule has 2 rings (SSSR count). The smallest absolute Gasteiger partial charge is 0.0601 e. The summed E-state index contributed by atoms with van der Waals surface area (Å²) in [6.45, 7) is 5.80. The molecular weight excluding hydrogens is 220 g/mol. The summed E-state index contributed by atoms with van der Waals surface area (Å²) >= 11 is 0. The summed E-state index contributed by atoms with van der Waals surface area (Å²) in [6.07, 6.45) is 8.05.